The summed E-state index contributed by atoms with van der Waals surface area (Å²) < 4.78 is 23.4. The Bertz CT molecular complexity index is 1510. The molecule has 5 rings (SSSR count). The third-order valence-electron chi connectivity index (χ3n) is 7.15. The Balaban J connectivity index is 1.35. The van der Waals surface area contributed by atoms with Crippen LogP contribution in [0.4, 0.5) is 11.4 Å². The van der Waals surface area contributed by atoms with Crippen LogP contribution >= 0.6 is 0 Å². The largest absolute Gasteiger partial charge is 0.493 e. The van der Waals surface area contributed by atoms with Crippen LogP contribution in [0.2, 0.25) is 0 Å². The van der Waals surface area contributed by atoms with Crippen molar-refractivity contribution in [3.8, 4) is 34.8 Å². The zero-order valence-corrected chi connectivity index (χ0v) is 23.7. The molecule has 41 heavy (non-hydrogen) atoms. The maximum absolute atomic E-state index is 9.87. The highest BCUT2D eigenvalue weighted by Crippen LogP contribution is 2.39. The molecule has 1 aliphatic heterocycles. The molecule has 0 atom stereocenters. The second-order valence-corrected chi connectivity index (χ2v) is 9.93. The molecule has 0 aliphatic carbocycles. The monoisotopic (exact) mass is 553 g/mol. The van der Waals surface area contributed by atoms with Crippen LogP contribution in [0.15, 0.2) is 66.9 Å². The van der Waals surface area contributed by atoms with Crippen LogP contribution in [-0.2, 0) is 0 Å². The van der Waals surface area contributed by atoms with Gasteiger partial charge in [-0.1, -0.05) is 18.2 Å². The van der Waals surface area contributed by atoms with Gasteiger partial charge < -0.3 is 34.1 Å². The molecule has 0 spiro atoms. The van der Waals surface area contributed by atoms with E-state index < -0.39 is 0 Å². The molecule has 1 saturated heterocycles. The van der Waals surface area contributed by atoms with Gasteiger partial charge in [0.1, 0.15) is 11.8 Å². The molecule has 9 heteroatoms. The van der Waals surface area contributed by atoms with E-state index in [1.807, 2.05) is 60.7 Å². The molecule has 1 fully saturated rings. The molecule has 1 N–H and O–H groups in total. The summed E-state index contributed by atoms with van der Waals surface area (Å²) in [5, 5.41) is 14.0. The van der Waals surface area contributed by atoms with Crippen LogP contribution in [0.1, 0.15) is 12.0 Å². The van der Waals surface area contributed by atoms with Gasteiger partial charge in [0.2, 0.25) is 0 Å². The number of ether oxygens (including phenoxy) is 4. The summed E-state index contributed by atoms with van der Waals surface area (Å²) in [5.74, 6) is 3.07. The molecule has 4 aromatic rings. The number of likely N-dealkylation sites (N-methyl/N-ethyl adjacent to an activating group) is 1. The minimum absolute atomic E-state index is 0.406. The number of methoxy groups -OCH3 is 2. The number of nitriles is 1. The molecular formula is C32H35N5O4. The number of hydrogen-bond acceptors (Lipinski definition) is 9. The van der Waals surface area contributed by atoms with E-state index in [0.717, 1.165) is 50.2 Å². The molecule has 0 saturated carbocycles. The van der Waals surface area contributed by atoms with Gasteiger partial charge in [0.15, 0.2) is 23.0 Å². The van der Waals surface area contributed by atoms with Crippen LogP contribution in [0, 0.1) is 11.3 Å². The first-order valence-electron chi connectivity index (χ1n) is 13.7. The molecule has 3 aromatic carbocycles. The highest BCUT2D eigenvalue weighted by molar-refractivity contribution is 5.97. The summed E-state index contributed by atoms with van der Waals surface area (Å²) in [6.07, 6.45) is 2.49. The fraction of sp³-hybridized carbons (Fsp3) is 0.312. The molecule has 212 valence electrons. The van der Waals surface area contributed by atoms with Gasteiger partial charge in [0, 0.05) is 62.1 Å². The standard InChI is InChI=1S/C32H35N5O4/c1-36-13-15-37(16-14-36)12-7-17-40-31-20-27-26(19-30(31)39-3)32(23(21-33)22-34-27)35-24-10-11-28(29(18-24)38-2)41-25-8-5-4-6-9-25/h4-6,8-11,18-20,22H,7,12-17H2,1-3H3,(H,34,35). The van der Waals surface area contributed by atoms with Crippen molar-refractivity contribution in [1.29, 1.82) is 5.26 Å². The van der Waals surface area contributed by atoms with Crippen LogP contribution in [0.3, 0.4) is 0 Å². The summed E-state index contributed by atoms with van der Waals surface area (Å²) in [6, 6.07) is 21.0. The average Bonchev–Trinajstić information content (AvgIpc) is 3.01. The lowest BCUT2D eigenvalue weighted by molar-refractivity contribution is 0.145. The number of fused-ring (bicyclic) bond motifs is 1. The number of rotatable bonds is 11. The topological polar surface area (TPSA) is 92.1 Å². The second kappa shape index (κ2) is 13.2. The Kier molecular flexibility index (Phi) is 9.04. The smallest absolute Gasteiger partial charge is 0.169 e. The van der Waals surface area contributed by atoms with E-state index in [0.29, 0.717) is 52.1 Å². The SMILES string of the molecule is COc1cc2c(Nc3ccc(Oc4ccccc4)c(OC)c3)c(C#N)cnc2cc1OCCCN1CCN(C)CC1. The van der Waals surface area contributed by atoms with E-state index in [-0.39, 0.29) is 0 Å². The van der Waals surface area contributed by atoms with E-state index >= 15 is 0 Å². The molecule has 1 aromatic heterocycles. The zero-order valence-electron chi connectivity index (χ0n) is 23.7. The first-order chi connectivity index (χ1) is 20.1. The Morgan fingerprint density at radius 2 is 1.66 bits per heavy atom. The summed E-state index contributed by atoms with van der Waals surface area (Å²) in [5.41, 5.74) is 2.45. The van der Waals surface area contributed by atoms with Gasteiger partial charge in [-0.25, -0.2) is 0 Å². The van der Waals surface area contributed by atoms with Crippen molar-refractivity contribution in [2.24, 2.45) is 0 Å². The van der Waals surface area contributed by atoms with Crippen LogP contribution in [0.25, 0.3) is 10.9 Å². The number of pyridine rings is 1. The van der Waals surface area contributed by atoms with Crippen molar-refractivity contribution in [1.82, 2.24) is 14.8 Å². The Morgan fingerprint density at radius 3 is 2.39 bits per heavy atom. The predicted molar refractivity (Wildman–Crippen MR) is 160 cm³/mol. The fourth-order valence-corrected chi connectivity index (χ4v) is 4.82. The fourth-order valence-electron chi connectivity index (χ4n) is 4.82. The van der Waals surface area contributed by atoms with Gasteiger partial charge in [-0.05, 0) is 43.8 Å². The normalized spacial score (nSPS) is 13.9. The minimum atomic E-state index is 0.406. The molecule has 2 heterocycles. The summed E-state index contributed by atoms with van der Waals surface area (Å²) >= 11 is 0. The van der Waals surface area contributed by atoms with Gasteiger partial charge in [-0.2, -0.15) is 5.26 Å². The Labute approximate surface area is 240 Å². The molecule has 0 radical (unpaired) electrons. The van der Waals surface area contributed by atoms with Crippen molar-refractivity contribution >= 4 is 22.3 Å². The summed E-state index contributed by atoms with van der Waals surface area (Å²) in [4.78, 5) is 9.36. The Hall–Kier alpha value is -4.52. The maximum atomic E-state index is 9.87. The van der Waals surface area contributed by atoms with E-state index in [9.17, 15) is 5.26 Å². The van der Waals surface area contributed by atoms with E-state index in [1.165, 1.54) is 0 Å². The molecule has 9 nitrogen and oxygen atoms in total. The number of nitrogens with one attached hydrogen (secondary N) is 1. The Morgan fingerprint density at radius 1 is 0.902 bits per heavy atom. The lowest BCUT2D eigenvalue weighted by Crippen LogP contribution is -2.44. The van der Waals surface area contributed by atoms with Crippen molar-refractivity contribution < 1.29 is 18.9 Å². The quantitative estimate of drug-likeness (QED) is 0.236. The first kappa shape index (κ1) is 28.0. The van der Waals surface area contributed by atoms with Crippen molar-refractivity contribution in [3.05, 3.63) is 72.4 Å². The van der Waals surface area contributed by atoms with Gasteiger partial charge in [0.05, 0.1) is 37.6 Å². The number of nitrogens with zero attached hydrogens (tertiary/aromatic N) is 4. The first-order valence-corrected chi connectivity index (χ1v) is 13.7. The summed E-state index contributed by atoms with van der Waals surface area (Å²) in [6.45, 7) is 5.96. The van der Waals surface area contributed by atoms with Crippen LogP contribution in [-0.4, -0.2) is 75.4 Å². The molecular weight excluding hydrogens is 518 g/mol. The van der Waals surface area contributed by atoms with Crippen molar-refractivity contribution in [2.45, 2.75) is 6.42 Å². The molecule has 0 bridgehead atoms. The van der Waals surface area contributed by atoms with Gasteiger partial charge in [0.25, 0.3) is 0 Å². The maximum Gasteiger partial charge on any atom is 0.169 e. The highest BCUT2D eigenvalue weighted by Gasteiger charge is 2.17. The number of para-hydroxylation sites is 1. The van der Waals surface area contributed by atoms with Gasteiger partial charge in [-0.15, -0.1) is 0 Å². The van der Waals surface area contributed by atoms with Crippen LogP contribution in [0.5, 0.6) is 28.7 Å². The highest BCUT2D eigenvalue weighted by atomic mass is 16.5. The number of piperazine rings is 1. The van der Waals surface area contributed by atoms with Crippen molar-refractivity contribution in [3.63, 3.8) is 0 Å². The molecule has 0 unspecified atom stereocenters. The van der Waals surface area contributed by atoms with E-state index in [2.05, 4.69) is 33.2 Å². The van der Waals surface area contributed by atoms with Crippen LogP contribution < -0.4 is 24.3 Å². The molecule has 1 aliphatic rings. The number of hydrogen-bond donors (Lipinski definition) is 1. The predicted octanol–water partition coefficient (Wildman–Crippen LogP) is 5.68. The third kappa shape index (κ3) is 6.80. The van der Waals surface area contributed by atoms with E-state index in [1.54, 1.807) is 20.4 Å². The van der Waals surface area contributed by atoms with Crippen molar-refractivity contribution in [2.75, 3.05) is 65.9 Å². The minimum Gasteiger partial charge on any atom is -0.493 e. The number of benzene rings is 3. The van der Waals surface area contributed by atoms with Gasteiger partial charge in [-0.3, -0.25) is 4.98 Å². The average molecular weight is 554 g/mol. The summed E-state index contributed by atoms with van der Waals surface area (Å²) in [7, 11) is 5.37. The second-order valence-electron chi connectivity index (χ2n) is 9.93. The number of aromatic nitrogens is 1. The molecule has 0 amide bonds. The third-order valence-corrected chi connectivity index (χ3v) is 7.15. The van der Waals surface area contributed by atoms with Gasteiger partial charge >= 0.3 is 0 Å². The van der Waals surface area contributed by atoms with E-state index in [4.69, 9.17) is 18.9 Å². The number of anilines is 2. The zero-order chi connectivity index (χ0) is 28.6. The lowest BCUT2D eigenvalue weighted by Gasteiger charge is -2.32. The lowest BCUT2D eigenvalue weighted by atomic mass is 10.1.